The smallest absolute Gasteiger partial charge is 1.00 e. The molecule has 1 aromatic heterocycles. The third-order valence-electron chi connectivity index (χ3n) is 6.05. The first-order chi connectivity index (χ1) is 16.3. The van der Waals surface area contributed by atoms with E-state index in [-0.39, 0.29) is 65.0 Å². The summed E-state index contributed by atoms with van der Waals surface area (Å²) in [7, 11) is 0. The van der Waals surface area contributed by atoms with E-state index in [2.05, 4.69) is 20.6 Å². The normalized spacial score (nSPS) is 24.7. The molecule has 180 valence electrons. The molecule has 11 nitrogen and oxygen atoms in total. The van der Waals surface area contributed by atoms with Crippen LogP contribution in [0.4, 0.5) is 0 Å². The van der Waals surface area contributed by atoms with E-state index in [1.807, 2.05) is 0 Å². The van der Waals surface area contributed by atoms with Crippen molar-refractivity contribution in [2.24, 2.45) is 5.92 Å². The van der Waals surface area contributed by atoms with Crippen LogP contribution in [0.5, 0.6) is 0 Å². The molecule has 14 heteroatoms. The Morgan fingerprint density at radius 3 is 2.71 bits per heavy atom. The van der Waals surface area contributed by atoms with Crippen molar-refractivity contribution in [3.8, 4) is 0 Å². The summed E-state index contributed by atoms with van der Waals surface area (Å²) in [5.74, 6) is -1.88. The molecule has 1 aromatic rings. The molecule has 3 fully saturated rings. The van der Waals surface area contributed by atoms with Crippen molar-refractivity contribution in [3.05, 3.63) is 45.0 Å². The van der Waals surface area contributed by atoms with Gasteiger partial charge in [0, 0.05) is 30.1 Å². The molecule has 4 aliphatic rings. The Balaban J connectivity index is 0.00000180. The van der Waals surface area contributed by atoms with Gasteiger partial charge in [-0.25, -0.2) is 9.78 Å². The second-order valence-corrected chi connectivity index (χ2v) is 10.4. The number of carboxylic acids is 1. The molecule has 4 N–H and O–H groups in total. The number of carboxylic acid groups (broad SMARTS) is 1. The van der Waals surface area contributed by atoms with Gasteiger partial charge in [-0.2, -0.15) is 0 Å². The minimum absolute atomic E-state index is 0. The summed E-state index contributed by atoms with van der Waals surface area (Å²) in [5.41, 5.74) is 1.52. The minimum Gasteiger partial charge on any atom is -1.00 e. The largest absolute Gasteiger partial charge is 1.00 e. The standard InChI is InChI=1S/C21H21N5O6S2.Na.H/c27-12-4-6-23-21(25-12)34-8-13(28)24-15-18(30)26-16(20(31)32)11(7-33-19(15)26)14(9-1-2-9)10-3-5-22-17(10)29;;/h4,6,9,15,19H,1-3,5,7-8H2,(H,22,29)(H,24,28)(H,31,32)(H,23,25,27);;/q;+1;-1/t15-,19-;;/m1../s1. The number of carbonyl (C=O) groups excluding carboxylic acids is 3. The number of nitrogens with one attached hydrogen (secondary N) is 3. The van der Waals surface area contributed by atoms with Gasteiger partial charge >= 0.3 is 35.5 Å². The fourth-order valence-electron chi connectivity index (χ4n) is 4.42. The van der Waals surface area contributed by atoms with Gasteiger partial charge in [-0.3, -0.25) is 24.1 Å². The predicted octanol–water partition coefficient (Wildman–Crippen LogP) is -3.06. The van der Waals surface area contributed by atoms with E-state index in [4.69, 9.17) is 0 Å². The summed E-state index contributed by atoms with van der Waals surface area (Å²) in [6, 6.07) is 0.418. The quantitative estimate of drug-likeness (QED) is 0.0949. The molecule has 2 saturated heterocycles. The van der Waals surface area contributed by atoms with Crippen LogP contribution in [0.2, 0.25) is 0 Å². The number of fused-ring (bicyclic) bond motifs is 1. The molecule has 0 bridgehead atoms. The number of nitrogens with zero attached hydrogens (tertiary/aromatic N) is 2. The Hall–Kier alpha value is -2.06. The molecule has 0 radical (unpaired) electrons. The van der Waals surface area contributed by atoms with E-state index in [1.54, 1.807) is 0 Å². The first-order valence-corrected chi connectivity index (χ1v) is 12.8. The van der Waals surface area contributed by atoms with E-state index in [0.717, 1.165) is 30.2 Å². The molecule has 2 atom stereocenters. The Kier molecular flexibility index (Phi) is 7.81. The van der Waals surface area contributed by atoms with Crippen molar-refractivity contribution in [1.82, 2.24) is 25.5 Å². The summed E-state index contributed by atoms with van der Waals surface area (Å²) < 4.78 is 0. The van der Waals surface area contributed by atoms with Gasteiger partial charge in [0.15, 0.2) is 5.16 Å². The van der Waals surface area contributed by atoms with Gasteiger partial charge in [-0.1, -0.05) is 11.8 Å². The number of hydrogen-bond donors (Lipinski definition) is 4. The predicted molar refractivity (Wildman–Crippen MR) is 124 cm³/mol. The van der Waals surface area contributed by atoms with E-state index in [0.29, 0.717) is 29.9 Å². The number of β-lactam (4-membered cyclic amide) rings is 1. The van der Waals surface area contributed by atoms with Crippen molar-refractivity contribution in [2.75, 3.05) is 18.1 Å². The van der Waals surface area contributed by atoms with Gasteiger partial charge < -0.3 is 22.2 Å². The second-order valence-electron chi connectivity index (χ2n) is 8.29. The van der Waals surface area contributed by atoms with Crippen LogP contribution in [0, 0.1) is 5.92 Å². The fraction of sp³-hybridized carbons (Fsp3) is 0.429. The van der Waals surface area contributed by atoms with Crippen LogP contribution in [-0.2, 0) is 19.2 Å². The molecule has 1 saturated carbocycles. The summed E-state index contributed by atoms with van der Waals surface area (Å²) in [5, 5.41) is 15.2. The molecule has 3 amide bonds. The molecule has 0 spiro atoms. The van der Waals surface area contributed by atoms with E-state index in [9.17, 15) is 29.1 Å². The zero-order valence-corrected chi connectivity index (χ0v) is 22.5. The van der Waals surface area contributed by atoms with Crippen molar-refractivity contribution < 1.29 is 55.3 Å². The number of aromatic amines is 1. The van der Waals surface area contributed by atoms with E-state index < -0.39 is 29.2 Å². The van der Waals surface area contributed by atoms with Crippen molar-refractivity contribution in [3.63, 3.8) is 0 Å². The minimum atomic E-state index is -1.22. The van der Waals surface area contributed by atoms with Crippen LogP contribution in [0.3, 0.4) is 0 Å². The molecular weight excluding hydrogens is 505 g/mol. The third kappa shape index (κ3) is 5.10. The van der Waals surface area contributed by atoms with Crippen LogP contribution < -0.4 is 45.8 Å². The molecule has 0 unspecified atom stereocenters. The first-order valence-electron chi connectivity index (χ1n) is 10.8. The summed E-state index contributed by atoms with van der Waals surface area (Å²) in [6.45, 7) is 0.525. The number of amides is 3. The van der Waals surface area contributed by atoms with Gasteiger partial charge in [0.25, 0.3) is 11.5 Å². The van der Waals surface area contributed by atoms with Crippen molar-refractivity contribution in [2.45, 2.75) is 35.8 Å². The van der Waals surface area contributed by atoms with Crippen LogP contribution in [-0.4, -0.2) is 73.1 Å². The number of allylic oxidation sites excluding steroid dienone is 1. The average Bonchev–Trinajstić information content (AvgIpc) is 3.56. The topological polar surface area (TPSA) is 162 Å². The summed E-state index contributed by atoms with van der Waals surface area (Å²) in [4.78, 5) is 69.0. The number of hydrogen-bond acceptors (Lipinski definition) is 8. The number of aliphatic carboxylic acids is 1. The van der Waals surface area contributed by atoms with Crippen molar-refractivity contribution >= 4 is 47.2 Å². The van der Waals surface area contributed by atoms with E-state index in [1.165, 1.54) is 28.9 Å². The zero-order valence-electron chi connectivity index (χ0n) is 19.8. The number of rotatable bonds is 7. The Morgan fingerprint density at radius 2 is 2.09 bits per heavy atom. The maximum Gasteiger partial charge on any atom is 1.00 e. The van der Waals surface area contributed by atoms with Crippen LogP contribution >= 0.6 is 23.5 Å². The van der Waals surface area contributed by atoms with Gasteiger partial charge in [0.05, 0.1) is 5.75 Å². The van der Waals surface area contributed by atoms with Gasteiger partial charge in [0.1, 0.15) is 17.1 Å². The average molecular weight is 528 g/mol. The molecule has 1 aliphatic carbocycles. The maximum atomic E-state index is 12.9. The molecule has 3 aliphatic heterocycles. The number of carbonyl (C=O) groups is 4. The third-order valence-corrected chi connectivity index (χ3v) is 8.21. The van der Waals surface area contributed by atoms with Crippen LogP contribution in [0.25, 0.3) is 0 Å². The monoisotopic (exact) mass is 527 g/mol. The number of aromatic nitrogens is 2. The molecule has 0 aromatic carbocycles. The summed E-state index contributed by atoms with van der Waals surface area (Å²) in [6.07, 6.45) is 3.66. The molecule has 35 heavy (non-hydrogen) atoms. The zero-order chi connectivity index (χ0) is 24.0. The van der Waals surface area contributed by atoms with Crippen LogP contribution in [0.15, 0.2) is 44.6 Å². The molecular formula is C21H22N5NaO6S2. The first kappa shape index (κ1) is 26.0. The number of H-pyrrole nitrogens is 1. The van der Waals surface area contributed by atoms with Gasteiger partial charge in [0.2, 0.25) is 11.8 Å². The van der Waals surface area contributed by atoms with E-state index >= 15 is 0 Å². The summed E-state index contributed by atoms with van der Waals surface area (Å²) >= 11 is 2.41. The van der Waals surface area contributed by atoms with Crippen molar-refractivity contribution in [1.29, 1.82) is 0 Å². The Labute approximate surface area is 231 Å². The van der Waals surface area contributed by atoms with Crippen LogP contribution in [0.1, 0.15) is 20.7 Å². The Bertz CT molecular complexity index is 1230. The Morgan fingerprint density at radius 1 is 1.31 bits per heavy atom. The number of thioether (sulfide) groups is 2. The fourth-order valence-corrected chi connectivity index (χ4v) is 6.45. The second kappa shape index (κ2) is 10.5. The van der Waals surface area contributed by atoms with Gasteiger partial charge in [-0.15, -0.1) is 11.8 Å². The SMILES string of the molecule is O=C(CSc1nccc(=O)[nH]1)N[C@@H]1C(=O)N2C(C(=O)O)=C(C(=C3CCNC3=O)C3CC3)CS[C@H]12.[H-].[Na+]. The molecule has 5 rings (SSSR count). The maximum absolute atomic E-state index is 12.9. The van der Waals surface area contributed by atoms with Gasteiger partial charge in [-0.05, 0) is 36.3 Å². The molecule has 4 heterocycles.